The van der Waals surface area contributed by atoms with Crippen LogP contribution >= 0.6 is 27.5 Å². The van der Waals surface area contributed by atoms with Crippen molar-refractivity contribution in [1.29, 1.82) is 0 Å². The molecule has 104 valence electrons. The van der Waals surface area contributed by atoms with Crippen LogP contribution in [0.1, 0.15) is 26.7 Å². The Morgan fingerprint density at radius 1 is 1.63 bits per heavy atom. The van der Waals surface area contributed by atoms with Crippen molar-refractivity contribution in [1.82, 2.24) is 0 Å². The van der Waals surface area contributed by atoms with Gasteiger partial charge < -0.3 is 4.74 Å². The number of hydrogen-bond acceptors (Lipinski definition) is 3. The summed E-state index contributed by atoms with van der Waals surface area (Å²) >= 11 is 9.67. The molecule has 1 fully saturated rings. The highest BCUT2D eigenvalue weighted by Crippen LogP contribution is 2.50. The van der Waals surface area contributed by atoms with Gasteiger partial charge in [-0.1, -0.05) is 41.4 Å². The second-order valence-electron chi connectivity index (χ2n) is 5.04. The predicted molar refractivity (Wildman–Crippen MR) is 78.3 cm³/mol. The molecule has 0 saturated heterocycles. The van der Waals surface area contributed by atoms with Crippen LogP contribution in [0.2, 0.25) is 5.02 Å². The minimum absolute atomic E-state index is 0.00711. The lowest BCUT2D eigenvalue weighted by Gasteiger charge is -2.50. The van der Waals surface area contributed by atoms with E-state index in [4.69, 9.17) is 16.3 Å². The van der Waals surface area contributed by atoms with Crippen molar-refractivity contribution in [3.05, 3.63) is 33.3 Å². The quantitative estimate of drug-likeness (QED) is 0.454. The van der Waals surface area contributed by atoms with Gasteiger partial charge in [0.1, 0.15) is 11.9 Å². The van der Waals surface area contributed by atoms with Gasteiger partial charge in [0.05, 0.1) is 16.0 Å². The molecule has 1 aliphatic carbocycles. The molecular weight excluding hydrogens is 334 g/mol. The van der Waals surface area contributed by atoms with Crippen molar-refractivity contribution in [2.75, 3.05) is 0 Å². The largest absolute Gasteiger partial charge is 0.488 e. The van der Waals surface area contributed by atoms with Crippen molar-refractivity contribution in [2.24, 2.45) is 5.41 Å². The van der Waals surface area contributed by atoms with Crippen LogP contribution in [0.5, 0.6) is 5.75 Å². The molecule has 0 N–H and O–H groups in total. The number of benzene rings is 1. The number of nitro benzene ring substituents is 1. The van der Waals surface area contributed by atoms with E-state index in [2.05, 4.69) is 29.8 Å². The maximum atomic E-state index is 10.8. The van der Waals surface area contributed by atoms with E-state index in [0.29, 0.717) is 15.6 Å². The van der Waals surface area contributed by atoms with Crippen LogP contribution in [0.25, 0.3) is 0 Å². The minimum atomic E-state index is -0.448. The van der Waals surface area contributed by atoms with Crippen molar-refractivity contribution in [2.45, 2.75) is 37.6 Å². The van der Waals surface area contributed by atoms with Crippen LogP contribution in [0.4, 0.5) is 5.69 Å². The molecule has 1 aromatic carbocycles. The Kier molecular flexibility index (Phi) is 4.06. The summed E-state index contributed by atoms with van der Waals surface area (Å²) in [5.41, 5.74) is 0.0286. The number of nitrogens with zero attached hydrogens (tertiary/aromatic N) is 1. The Balaban J connectivity index is 2.20. The first-order chi connectivity index (χ1) is 8.88. The molecule has 2 rings (SSSR count). The SMILES string of the molecule is CCC1(C)C(Br)CC1Oc1cc([N+](=O)[O-])ccc1Cl. The maximum absolute atomic E-state index is 10.8. The third kappa shape index (κ3) is 2.58. The van der Waals surface area contributed by atoms with Crippen LogP contribution in [-0.2, 0) is 0 Å². The first-order valence-corrected chi connectivity index (χ1v) is 7.42. The molecule has 0 heterocycles. The highest BCUT2D eigenvalue weighted by atomic mass is 79.9. The molecule has 1 aliphatic rings. The summed E-state index contributed by atoms with van der Waals surface area (Å²) in [6.45, 7) is 4.25. The van der Waals surface area contributed by atoms with Gasteiger partial charge in [0, 0.05) is 16.3 Å². The van der Waals surface area contributed by atoms with Gasteiger partial charge in [-0.05, 0) is 18.9 Å². The lowest BCUT2D eigenvalue weighted by atomic mass is 9.65. The van der Waals surface area contributed by atoms with Crippen LogP contribution in [0, 0.1) is 15.5 Å². The number of rotatable bonds is 4. The van der Waals surface area contributed by atoms with Crippen molar-refractivity contribution >= 4 is 33.2 Å². The number of alkyl halides is 1. The van der Waals surface area contributed by atoms with E-state index in [1.54, 1.807) is 0 Å². The first-order valence-electron chi connectivity index (χ1n) is 6.13. The number of hydrogen-bond donors (Lipinski definition) is 0. The smallest absolute Gasteiger partial charge is 0.273 e. The molecule has 6 heteroatoms. The third-order valence-electron chi connectivity index (χ3n) is 4.03. The van der Waals surface area contributed by atoms with E-state index in [1.165, 1.54) is 18.2 Å². The molecule has 3 unspecified atom stereocenters. The zero-order valence-corrected chi connectivity index (χ0v) is 13.1. The number of halogens is 2. The summed E-state index contributed by atoms with van der Waals surface area (Å²) in [7, 11) is 0. The second kappa shape index (κ2) is 5.29. The summed E-state index contributed by atoms with van der Waals surface area (Å²) in [4.78, 5) is 10.7. The zero-order valence-electron chi connectivity index (χ0n) is 10.7. The van der Waals surface area contributed by atoms with Gasteiger partial charge in [0.15, 0.2) is 0 Å². The minimum Gasteiger partial charge on any atom is -0.488 e. The molecule has 0 amide bonds. The molecule has 0 radical (unpaired) electrons. The van der Waals surface area contributed by atoms with Crippen LogP contribution in [0.3, 0.4) is 0 Å². The Labute approximate surface area is 125 Å². The van der Waals surface area contributed by atoms with Crippen molar-refractivity contribution < 1.29 is 9.66 Å². The fraction of sp³-hybridized carbons (Fsp3) is 0.538. The molecule has 3 atom stereocenters. The Hall–Kier alpha value is -0.810. The number of nitro groups is 1. The lowest BCUT2D eigenvalue weighted by Crippen LogP contribution is -2.54. The molecule has 19 heavy (non-hydrogen) atoms. The standard InChI is InChI=1S/C13H15BrClNO3/c1-3-13(2)11(14)7-12(13)19-10-6-8(16(17)18)4-5-9(10)15/h4-6,11-12H,3,7H2,1-2H3. The normalized spacial score (nSPS) is 29.7. The van der Waals surface area contributed by atoms with Gasteiger partial charge >= 0.3 is 0 Å². The molecule has 4 nitrogen and oxygen atoms in total. The summed E-state index contributed by atoms with van der Waals surface area (Å²) < 4.78 is 5.88. The molecule has 1 saturated carbocycles. The van der Waals surface area contributed by atoms with Crippen LogP contribution in [-0.4, -0.2) is 15.9 Å². The van der Waals surface area contributed by atoms with Gasteiger partial charge in [-0.25, -0.2) is 0 Å². The molecule has 0 spiro atoms. The highest BCUT2D eigenvalue weighted by Gasteiger charge is 2.51. The molecule has 1 aromatic rings. The topological polar surface area (TPSA) is 52.4 Å². The van der Waals surface area contributed by atoms with Crippen molar-refractivity contribution in [3.63, 3.8) is 0 Å². The van der Waals surface area contributed by atoms with Gasteiger partial charge in [0.25, 0.3) is 5.69 Å². The molecule has 0 aliphatic heterocycles. The van der Waals surface area contributed by atoms with Gasteiger partial charge in [-0.2, -0.15) is 0 Å². The molecule has 0 bridgehead atoms. The molecule has 0 aromatic heterocycles. The summed E-state index contributed by atoms with van der Waals surface area (Å²) in [6.07, 6.45) is 1.88. The Bertz CT molecular complexity index is 511. The summed E-state index contributed by atoms with van der Waals surface area (Å²) in [5.74, 6) is 0.389. The third-order valence-corrected chi connectivity index (χ3v) is 5.76. The van der Waals surface area contributed by atoms with E-state index >= 15 is 0 Å². The maximum Gasteiger partial charge on any atom is 0.273 e. The summed E-state index contributed by atoms with van der Waals surface area (Å²) in [5, 5.41) is 11.2. The zero-order chi connectivity index (χ0) is 14.2. The van der Waals surface area contributed by atoms with E-state index in [1.807, 2.05) is 0 Å². The van der Waals surface area contributed by atoms with E-state index in [9.17, 15) is 10.1 Å². The predicted octanol–water partition coefficient (Wildman–Crippen LogP) is 4.58. The van der Waals surface area contributed by atoms with Gasteiger partial charge in [0.2, 0.25) is 0 Å². The first kappa shape index (κ1) is 14.6. The number of non-ortho nitro benzene ring substituents is 1. The van der Waals surface area contributed by atoms with Crippen LogP contribution < -0.4 is 4.74 Å². The highest BCUT2D eigenvalue weighted by molar-refractivity contribution is 9.09. The Morgan fingerprint density at radius 3 is 2.84 bits per heavy atom. The monoisotopic (exact) mass is 347 g/mol. The fourth-order valence-corrected chi connectivity index (χ4v) is 3.37. The fourth-order valence-electron chi connectivity index (χ4n) is 2.25. The second-order valence-corrected chi connectivity index (χ2v) is 6.55. The van der Waals surface area contributed by atoms with E-state index < -0.39 is 4.92 Å². The number of ether oxygens (including phenoxy) is 1. The van der Waals surface area contributed by atoms with Crippen LogP contribution in [0.15, 0.2) is 18.2 Å². The van der Waals surface area contributed by atoms with Gasteiger partial charge in [-0.3, -0.25) is 10.1 Å². The summed E-state index contributed by atoms with van der Waals surface area (Å²) in [6, 6.07) is 4.27. The lowest BCUT2D eigenvalue weighted by molar-refractivity contribution is -0.385. The average molecular weight is 349 g/mol. The molecular formula is C13H15BrClNO3. The van der Waals surface area contributed by atoms with Gasteiger partial charge in [-0.15, -0.1) is 0 Å². The van der Waals surface area contributed by atoms with E-state index in [-0.39, 0.29) is 17.2 Å². The Morgan fingerprint density at radius 2 is 2.32 bits per heavy atom. The van der Waals surface area contributed by atoms with Crippen molar-refractivity contribution in [3.8, 4) is 5.75 Å². The van der Waals surface area contributed by atoms with E-state index in [0.717, 1.165) is 12.8 Å². The average Bonchev–Trinajstić information content (AvgIpc) is 2.39.